The maximum atomic E-state index is 5.68. The second kappa shape index (κ2) is 5.53. The van der Waals surface area contributed by atoms with Crippen molar-refractivity contribution in [1.29, 1.82) is 0 Å². The molecule has 2 N–H and O–H groups in total. The fourth-order valence-corrected chi connectivity index (χ4v) is 1.92. The Balaban J connectivity index is 2.14. The first kappa shape index (κ1) is 11.7. The minimum absolute atomic E-state index is 0.813. The van der Waals surface area contributed by atoms with Gasteiger partial charge in [0, 0.05) is 5.69 Å². The van der Waals surface area contributed by atoms with Crippen molar-refractivity contribution in [3.8, 4) is 11.1 Å². The van der Waals surface area contributed by atoms with E-state index in [1.54, 1.807) is 0 Å². The van der Waals surface area contributed by atoms with Crippen molar-refractivity contribution < 1.29 is 0 Å². The molecule has 1 nitrogen and oxygen atoms in total. The molecule has 0 heterocycles. The molecule has 0 unspecified atom stereocenters. The van der Waals surface area contributed by atoms with E-state index in [4.69, 9.17) is 5.73 Å². The van der Waals surface area contributed by atoms with Crippen LogP contribution in [0.3, 0.4) is 0 Å². The third-order valence-corrected chi connectivity index (χ3v) is 3.02. The smallest absolute Gasteiger partial charge is 0.0314 e. The van der Waals surface area contributed by atoms with E-state index in [1.165, 1.54) is 36.0 Å². The van der Waals surface area contributed by atoms with Crippen molar-refractivity contribution in [2.24, 2.45) is 0 Å². The fraction of sp³-hybridized carbons (Fsp3) is 0.250. The summed E-state index contributed by atoms with van der Waals surface area (Å²) in [6, 6.07) is 16.9. The summed E-state index contributed by atoms with van der Waals surface area (Å²) in [6.45, 7) is 2.22. The Morgan fingerprint density at radius 1 is 0.824 bits per heavy atom. The molecular formula is C16H19N. The summed E-state index contributed by atoms with van der Waals surface area (Å²) in [7, 11) is 0. The number of unbranched alkanes of at least 4 members (excludes halogenated alkanes) is 1. The van der Waals surface area contributed by atoms with Crippen LogP contribution in [0.5, 0.6) is 0 Å². The quantitative estimate of drug-likeness (QED) is 0.772. The predicted octanol–water partition coefficient (Wildman–Crippen LogP) is 4.28. The second-order valence-corrected chi connectivity index (χ2v) is 4.42. The first-order valence-corrected chi connectivity index (χ1v) is 6.24. The third kappa shape index (κ3) is 3.10. The number of nitrogen functional groups attached to an aromatic ring is 1. The molecule has 0 aliphatic heterocycles. The molecule has 0 saturated carbocycles. The summed E-state index contributed by atoms with van der Waals surface area (Å²) in [5, 5.41) is 0. The van der Waals surface area contributed by atoms with Gasteiger partial charge in [-0.3, -0.25) is 0 Å². The topological polar surface area (TPSA) is 26.0 Å². The van der Waals surface area contributed by atoms with Crippen LogP contribution >= 0.6 is 0 Å². The molecule has 0 saturated heterocycles. The molecule has 1 heteroatoms. The molecule has 2 rings (SSSR count). The first-order valence-electron chi connectivity index (χ1n) is 6.24. The number of rotatable bonds is 4. The number of anilines is 1. The largest absolute Gasteiger partial charge is 0.399 e. The molecule has 0 spiro atoms. The first-order chi connectivity index (χ1) is 8.29. The minimum atomic E-state index is 0.813. The number of benzene rings is 2. The molecule has 2 aromatic carbocycles. The lowest BCUT2D eigenvalue weighted by atomic mass is 10.0. The minimum Gasteiger partial charge on any atom is -0.399 e. The monoisotopic (exact) mass is 225 g/mol. The highest BCUT2D eigenvalue weighted by Gasteiger charge is 1.98. The van der Waals surface area contributed by atoms with E-state index in [0.717, 1.165) is 5.69 Å². The van der Waals surface area contributed by atoms with E-state index in [9.17, 15) is 0 Å². The zero-order valence-corrected chi connectivity index (χ0v) is 10.3. The van der Waals surface area contributed by atoms with Crippen molar-refractivity contribution >= 4 is 5.69 Å². The van der Waals surface area contributed by atoms with Crippen molar-refractivity contribution in [1.82, 2.24) is 0 Å². The fourth-order valence-electron chi connectivity index (χ4n) is 1.92. The molecule has 88 valence electrons. The zero-order valence-electron chi connectivity index (χ0n) is 10.3. The molecule has 0 bridgehead atoms. The van der Waals surface area contributed by atoms with E-state index in [-0.39, 0.29) is 0 Å². The average Bonchev–Trinajstić information content (AvgIpc) is 2.38. The second-order valence-electron chi connectivity index (χ2n) is 4.42. The van der Waals surface area contributed by atoms with Crippen LogP contribution in [0.2, 0.25) is 0 Å². The number of hydrogen-bond acceptors (Lipinski definition) is 1. The highest BCUT2D eigenvalue weighted by atomic mass is 14.5. The van der Waals surface area contributed by atoms with Crippen LogP contribution in [-0.2, 0) is 6.42 Å². The Bertz CT molecular complexity index is 454. The molecule has 0 amide bonds. The molecule has 0 atom stereocenters. The van der Waals surface area contributed by atoms with E-state index >= 15 is 0 Å². The van der Waals surface area contributed by atoms with Crippen molar-refractivity contribution in [3.63, 3.8) is 0 Å². The van der Waals surface area contributed by atoms with E-state index < -0.39 is 0 Å². The zero-order chi connectivity index (χ0) is 12.1. The van der Waals surface area contributed by atoms with Crippen LogP contribution < -0.4 is 5.73 Å². The van der Waals surface area contributed by atoms with Gasteiger partial charge in [0.05, 0.1) is 0 Å². The highest BCUT2D eigenvalue weighted by molar-refractivity contribution is 5.65. The normalized spacial score (nSPS) is 10.4. The maximum Gasteiger partial charge on any atom is 0.0314 e. The molecule has 2 aromatic rings. The van der Waals surface area contributed by atoms with Gasteiger partial charge in [-0.2, -0.15) is 0 Å². The van der Waals surface area contributed by atoms with Crippen molar-refractivity contribution in [2.45, 2.75) is 26.2 Å². The average molecular weight is 225 g/mol. The van der Waals surface area contributed by atoms with Crippen molar-refractivity contribution in [2.75, 3.05) is 5.73 Å². The van der Waals surface area contributed by atoms with Crippen LogP contribution in [0.15, 0.2) is 48.5 Å². The van der Waals surface area contributed by atoms with Gasteiger partial charge in [-0.15, -0.1) is 0 Å². The number of aryl methyl sites for hydroxylation is 1. The Morgan fingerprint density at radius 3 is 1.88 bits per heavy atom. The highest BCUT2D eigenvalue weighted by Crippen LogP contribution is 2.21. The van der Waals surface area contributed by atoms with E-state index in [2.05, 4.69) is 43.3 Å². The van der Waals surface area contributed by atoms with Gasteiger partial charge in [0.15, 0.2) is 0 Å². The van der Waals surface area contributed by atoms with Crippen LogP contribution in [0.25, 0.3) is 11.1 Å². The molecule has 17 heavy (non-hydrogen) atoms. The van der Waals surface area contributed by atoms with Gasteiger partial charge in [0.2, 0.25) is 0 Å². The summed E-state index contributed by atoms with van der Waals surface area (Å²) < 4.78 is 0. The molecule has 0 aromatic heterocycles. The van der Waals surface area contributed by atoms with Crippen LogP contribution in [0.4, 0.5) is 5.69 Å². The van der Waals surface area contributed by atoms with Crippen LogP contribution in [-0.4, -0.2) is 0 Å². The Hall–Kier alpha value is -1.76. The van der Waals surface area contributed by atoms with Crippen LogP contribution in [0.1, 0.15) is 25.3 Å². The summed E-state index contributed by atoms with van der Waals surface area (Å²) in [5.41, 5.74) is 10.4. The summed E-state index contributed by atoms with van der Waals surface area (Å²) in [4.78, 5) is 0. The SMILES string of the molecule is CCCCc1ccc(-c2ccc(N)cc2)cc1. The van der Waals surface area contributed by atoms with Crippen molar-refractivity contribution in [3.05, 3.63) is 54.1 Å². The molecule has 0 radical (unpaired) electrons. The van der Waals surface area contributed by atoms with Gasteiger partial charge in [-0.25, -0.2) is 0 Å². The predicted molar refractivity (Wildman–Crippen MR) is 74.9 cm³/mol. The van der Waals surface area contributed by atoms with Gasteiger partial charge in [0.1, 0.15) is 0 Å². The van der Waals surface area contributed by atoms with E-state index in [1.807, 2.05) is 12.1 Å². The Labute approximate surface area is 103 Å². The lowest BCUT2D eigenvalue weighted by Gasteiger charge is -2.04. The molecule has 0 aliphatic carbocycles. The number of hydrogen-bond donors (Lipinski definition) is 1. The lowest BCUT2D eigenvalue weighted by molar-refractivity contribution is 0.795. The van der Waals surface area contributed by atoms with Gasteiger partial charge in [0.25, 0.3) is 0 Å². The van der Waals surface area contributed by atoms with Gasteiger partial charge in [-0.1, -0.05) is 49.7 Å². The summed E-state index contributed by atoms with van der Waals surface area (Å²) in [5.74, 6) is 0. The number of nitrogens with two attached hydrogens (primary N) is 1. The van der Waals surface area contributed by atoms with Gasteiger partial charge < -0.3 is 5.73 Å². The molecular weight excluding hydrogens is 206 g/mol. The van der Waals surface area contributed by atoms with Gasteiger partial charge in [-0.05, 0) is 41.7 Å². The molecule has 0 aliphatic rings. The lowest BCUT2D eigenvalue weighted by Crippen LogP contribution is -1.86. The van der Waals surface area contributed by atoms with Crippen LogP contribution in [0, 0.1) is 0 Å². The Morgan fingerprint density at radius 2 is 1.35 bits per heavy atom. The summed E-state index contributed by atoms with van der Waals surface area (Å²) >= 11 is 0. The molecule has 0 fully saturated rings. The standard InChI is InChI=1S/C16H19N/c1-2-3-4-13-5-7-14(8-6-13)15-9-11-16(17)12-10-15/h5-12H,2-4,17H2,1H3. The summed E-state index contributed by atoms with van der Waals surface area (Å²) in [6.07, 6.45) is 3.69. The van der Waals surface area contributed by atoms with E-state index in [0.29, 0.717) is 0 Å². The third-order valence-electron chi connectivity index (χ3n) is 3.02. The van der Waals surface area contributed by atoms with Gasteiger partial charge >= 0.3 is 0 Å². The Kier molecular flexibility index (Phi) is 3.81. The maximum absolute atomic E-state index is 5.68.